The number of unbranched alkanes of at least 4 members (excludes halogenated alkanes) is 12. The smallest absolute Gasteiger partial charge is 0.0117 e. The first-order chi connectivity index (χ1) is 11.3. The van der Waals surface area contributed by atoms with E-state index in [2.05, 4.69) is 32.6 Å². The molecule has 23 heavy (non-hydrogen) atoms. The van der Waals surface area contributed by atoms with Gasteiger partial charge in [0.2, 0.25) is 0 Å². The first kappa shape index (κ1) is 22.6. The highest BCUT2D eigenvalue weighted by molar-refractivity contribution is 4.99. The number of hydrogen-bond acceptors (Lipinski definition) is 0. The molecule has 0 saturated heterocycles. The van der Waals surface area contributed by atoms with Crippen molar-refractivity contribution in [2.75, 3.05) is 0 Å². The summed E-state index contributed by atoms with van der Waals surface area (Å²) >= 11 is 0. The Bertz CT molecular complexity index is 267. The van der Waals surface area contributed by atoms with E-state index in [0.717, 1.165) is 38.0 Å². The van der Waals surface area contributed by atoms with Crippen molar-refractivity contribution in [2.45, 2.75) is 116 Å². The Labute approximate surface area is 148 Å². The topological polar surface area (TPSA) is 0 Å². The van der Waals surface area contributed by atoms with E-state index in [-0.39, 0.29) is 0 Å². The van der Waals surface area contributed by atoms with Crippen molar-refractivity contribution in [1.82, 2.24) is 0 Å². The van der Waals surface area contributed by atoms with E-state index in [4.69, 9.17) is 0 Å². The minimum atomic E-state index is 0.829. The van der Waals surface area contributed by atoms with Gasteiger partial charge in [-0.1, -0.05) is 104 Å². The first-order valence-corrected chi connectivity index (χ1v) is 10.4. The molecule has 0 aromatic carbocycles. The van der Waals surface area contributed by atoms with E-state index in [1.54, 1.807) is 0 Å². The molecule has 0 rings (SSSR count). The molecule has 1 atom stereocenters. The highest BCUT2D eigenvalue weighted by atomic mass is 14.1. The quantitative estimate of drug-likeness (QED) is 0.200. The molecular formula is C23H42. The molecule has 0 spiro atoms. The summed E-state index contributed by atoms with van der Waals surface area (Å²) in [6.45, 7) is 10.1. The van der Waals surface area contributed by atoms with Crippen LogP contribution in [0.2, 0.25) is 0 Å². The lowest BCUT2D eigenvalue weighted by atomic mass is 9.95. The Morgan fingerprint density at radius 3 is 1.70 bits per heavy atom. The third kappa shape index (κ3) is 17.7. The van der Waals surface area contributed by atoms with Gasteiger partial charge in [-0.25, -0.2) is 0 Å². The van der Waals surface area contributed by atoms with Crippen molar-refractivity contribution in [3.05, 3.63) is 13.8 Å². The molecule has 0 aliphatic rings. The average molecular weight is 319 g/mol. The molecule has 134 valence electrons. The van der Waals surface area contributed by atoms with E-state index in [1.807, 2.05) is 0 Å². The molecule has 0 saturated carbocycles. The van der Waals surface area contributed by atoms with Crippen LogP contribution in [0.25, 0.3) is 0 Å². The molecule has 0 N–H and O–H groups in total. The lowest BCUT2D eigenvalue weighted by Crippen LogP contribution is -1.97. The van der Waals surface area contributed by atoms with Gasteiger partial charge in [-0.3, -0.25) is 0 Å². The zero-order valence-electron chi connectivity index (χ0n) is 16.0. The van der Waals surface area contributed by atoms with E-state index in [9.17, 15) is 0 Å². The molecule has 0 aliphatic heterocycles. The molecule has 0 bridgehead atoms. The van der Waals surface area contributed by atoms with Crippen molar-refractivity contribution in [1.29, 1.82) is 0 Å². The standard InChI is InChI=1S/C23H42/c1-4-7-9-11-12-13-14-15-16-18-20-22-23(6-3)21-19-17-10-8-5-2/h23H,1-2,4-16,18,20-22H2,3H3. The SMILES string of the molecule is [CH2]CCCC#CCC(CC)CCCCCCCCCCCC[CH2]. The molecule has 0 amide bonds. The molecule has 0 nitrogen and oxygen atoms in total. The Hall–Kier alpha value is -0.440. The van der Waals surface area contributed by atoms with Crippen LogP contribution in [0.4, 0.5) is 0 Å². The monoisotopic (exact) mass is 318 g/mol. The van der Waals surface area contributed by atoms with Gasteiger partial charge in [0.25, 0.3) is 0 Å². The van der Waals surface area contributed by atoms with Crippen LogP contribution in [-0.4, -0.2) is 0 Å². The summed E-state index contributed by atoms with van der Waals surface area (Å²) in [5.74, 6) is 7.51. The molecule has 0 heterocycles. The summed E-state index contributed by atoms with van der Waals surface area (Å²) in [6.07, 6.45) is 22.3. The van der Waals surface area contributed by atoms with Crippen LogP contribution >= 0.6 is 0 Å². The summed E-state index contributed by atoms with van der Waals surface area (Å²) in [6, 6.07) is 0. The molecule has 0 aliphatic carbocycles. The largest absolute Gasteiger partial charge is 0.103 e. The average Bonchev–Trinajstić information content (AvgIpc) is 2.57. The number of hydrogen-bond donors (Lipinski definition) is 0. The van der Waals surface area contributed by atoms with Crippen molar-refractivity contribution in [2.24, 2.45) is 5.92 Å². The van der Waals surface area contributed by atoms with Crippen LogP contribution in [0.15, 0.2) is 0 Å². The van der Waals surface area contributed by atoms with Gasteiger partial charge >= 0.3 is 0 Å². The third-order valence-corrected chi connectivity index (χ3v) is 4.76. The fourth-order valence-electron chi connectivity index (χ4n) is 2.99. The Morgan fingerprint density at radius 1 is 0.652 bits per heavy atom. The van der Waals surface area contributed by atoms with Gasteiger partial charge in [0.15, 0.2) is 0 Å². The fraction of sp³-hybridized carbons (Fsp3) is 0.826. The van der Waals surface area contributed by atoms with Crippen LogP contribution in [0.5, 0.6) is 0 Å². The van der Waals surface area contributed by atoms with E-state index in [0.29, 0.717) is 0 Å². The maximum atomic E-state index is 3.90. The van der Waals surface area contributed by atoms with E-state index in [1.165, 1.54) is 77.0 Å². The van der Waals surface area contributed by atoms with Crippen LogP contribution in [-0.2, 0) is 0 Å². The van der Waals surface area contributed by atoms with Crippen LogP contribution in [0.1, 0.15) is 116 Å². The van der Waals surface area contributed by atoms with Gasteiger partial charge in [0.05, 0.1) is 0 Å². The summed E-state index contributed by atoms with van der Waals surface area (Å²) in [4.78, 5) is 0. The third-order valence-electron chi connectivity index (χ3n) is 4.76. The van der Waals surface area contributed by atoms with E-state index >= 15 is 0 Å². The Balaban J connectivity index is 3.35. The minimum absolute atomic E-state index is 0.829. The van der Waals surface area contributed by atoms with Gasteiger partial charge in [0, 0.05) is 12.8 Å². The molecule has 0 heteroatoms. The molecular weight excluding hydrogens is 276 g/mol. The lowest BCUT2D eigenvalue weighted by molar-refractivity contribution is 0.445. The first-order valence-electron chi connectivity index (χ1n) is 10.4. The maximum absolute atomic E-state index is 3.90. The fourth-order valence-corrected chi connectivity index (χ4v) is 2.99. The Kier molecular flexibility index (Phi) is 19.2. The second-order valence-corrected chi connectivity index (χ2v) is 6.97. The van der Waals surface area contributed by atoms with Crippen LogP contribution in [0.3, 0.4) is 0 Å². The highest BCUT2D eigenvalue weighted by Crippen LogP contribution is 2.18. The maximum Gasteiger partial charge on any atom is 0.0117 e. The van der Waals surface area contributed by atoms with Gasteiger partial charge in [-0.05, 0) is 18.8 Å². The second kappa shape index (κ2) is 19.6. The molecule has 2 radical (unpaired) electrons. The van der Waals surface area contributed by atoms with Gasteiger partial charge < -0.3 is 0 Å². The molecule has 0 aromatic rings. The Morgan fingerprint density at radius 2 is 1.17 bits per heavy atom. The predicted octanol–water partition coefficient (Wildman–Crippen LogP) is 7.93. The van der Waals surface area contributed by atoms with Gasteiger partial charge in [-0.2, -0.15) is 0 Å². The van der Waals surface area contributed by atoms with Crippen LogP contribution < -0.4 is 0 Å². The van der Waals surface area contributed by atoms with Crippen molar-refractivity contribution >= 4 is 0 Å². The minimum Gasteiger partial charge on any atom is -0.103 e. The summed E-state index contributed by atoms with van der Waals surface area (Å²) in [5.41, 5.74) is 0. The normalized spacial score (nSPS) is 12.0. The van der Waals surface area contributed by atoms with E-state index < -0.39 is 0 Å². The summed E-state index contributed by atoms with van der Waals surface area (Å²) in [7, 11) is 0. The van der Waals surface area contributed by atoms with Gasteiger partial charge in [-0.15, -0.1) is 11.8 Å². The van der Waals surface area contributed by atoms with Crippen LogP contribution in [0, 0.1) is 31.6 Å². The summed E-state index contributed by atoms with van der Waals surface area (Å²) < 4.78 is 0. The highest BCUT2D eigenvalue weighted by Gasteiger charge is 2.03. The second-order valence-electron chi connectivity index (χ2n) is 6.97. The lowest BCUT2D eigenvalue weighted by Gasteiger charge is -2.11. The zero-order valence-corrected chi connectivity index (χ0v) is 16.0. The molecule has 0 fully saturated rings. The number of rotatable bonds is 16. The predicted molar refractivity (Wildman–Crippen MR) is 106 cm³/mol. The molecule has 0 aromatic heterocycles. The van der Waals surface area contributed by atoms with Crippen molar-refractivity contribution < 1.29 is 0 Å². The van der Waals surface area contributed by atoms with Gasteiger partial charge in [0.1, 0.15) is 0 Å². The zero-order chi connectivity index (χ0) is 17.0. The molecule has 1 unspecified atom stereocenters. The van der Waals surface area contributed by atoms with Crippen molar-refractivity contribution in [3.8, 4) is 11.8 Å². The summed E-state index contributed by atoms with van der Waals surface area (Å²) in [5, 5.41) is 0. The van der Waals surface area contributed by atoms with Crippen molar-refractivity contribution in [3.63, 3.8) is 0 Å².